The van der Waals surface area contributed by atoms with Gasteiger partial charge in [0.1, 0.15) is 5.69 Å². The maximum atomic E-state index is 12.8. The number of nitrogens with one attached hydrogen (secondary N) is 1. The van der Waals surface area contributed by atoms with Crippen molar-refractivity contribution in [3.63, 3.8) is 0 Å². The zero-order chi connectivity index (χ0) is 20.3. The lowest BCUT2D eigenvalue weighted by molar-refractivity contribution is -0.123. The van der Waals surface area contributed by atoms with Crippen LogP contribution in [0.25, 0.3) is 5.69 Å². The molecule has 0 bridgehead atoms. The van der Waals surface area contributed by atoms with Gasteiger partial charge in [-0.2, -0.15) is 0 Å². The third-order valence-electron chi connectivity index (χ3n) is 4.37. The summed E-state index contributed by atoms with van der Waals surface area (Å²) in [7, 11) is 1.73. The average molecular weight is 380 g/mol. The van der Waals surface area contributed by atoms with Gasteiger partial charge in [0.2, 0.25) is 0 Å². The molecular weight excluding hydrogens is 360 g/mol. The summed E-state index contributed by atoms with van der Waals surface area (Å²) in [5, 5.41) is 2.58. The highest BCUT2D eigenvalue weighted by Crippen LogP contribution is 2.14. The molecule has 0 fully saturated rings. The molecule has 1 N–H and O–H groups in total. The number of benzene rings is 1. The number of para-hydroxylation sites is 1. The highest BCUT2D eigenvalue weighted by molar-refractivity contribution is 5.97. The first-order valence-electron chi connectivity index (χ1n) is 8.66. The Kier molecular flexibility index (Phi) is 5.39. The van der Waals surface area contributed by atoms with Crippen LogP contribution in [0.1, 0.15) is 23.0 Å². The Morgan fingerprint density at radius 3 is 2.39 bits per heavy atom. The molecule has 3 rings (SSSR count). The fourth-order valence-electron chi connectivity index (χ4n) is 2.71. The summed E-state index contributed by atoms with van der Waals surface area (Å²) in [6, 6.07) is 12.1. The third-order valence-corrected chi connectivity index (χ3v) is 4.37. The van der Waals surface area contributed by atoms with Gasteiger partial charge in [0.25, 0.3) is 11.5 Å². The van der Waals surface area contributed by atoms with Crippen LogP contribution >= 0.6 is 0 Å². The van der Waals surface area contributed by atoms with Gasteiger partial charge in [-0.15, -0.1) is 0 Å². The summed E-state index contributed by atoms with van der Waals surface area (Å²) in [5.74, 6) is -1.23. The van der Waals surface area contributed by atoms with Crippen LogP contribution in [-0.2, 0) is 16.6 Å². The number of amides is 1. The maximum Gasteiger partial charge on any atom is 0.339 e. The van der Waals surface area contributed by atoms with Gasteiger partial charge in [0.05, 0.1) is 16.9 Å². The molecule has 8 heteroatoms. The van der Waals surface area contributed by atoms with Crippen LogP contribution in [0, 0.1) is 6.92 Å². The Balaban J connectivity index is 1.79. The molecule has 8 nitrogen and oxygen atoms in total. The molecule has 0 saturated carbocycles. The summed E-state index contributed by atoms with van der Waals surface area (Å²) >= 11 is 0. The lowest BCUT2D eigenvalue weighted by atomic mass is 10.2. The van der Waals surface area contributed by atoms with Crippen LogP contribution in [-0.4, -0.2) is 32.3 Å². The van der Waals surface area contributed by atoms with Crippen molar-refractivity contribution in [2.75, 3.05) is 5.32 Å². The first-order chi connectivity index (χ1) is 13.4. The molecule has 2 aromatic heterocycles. The van der Waals surface area contributed by atoms with E-state index in [2.05, 4.69) is 10.3 Å². The summed E-state index contributed by atoms with van der Waals surface area (Å²) < 4.78 is 8.29. The highest BCUT2D eigenvalue weighted by Gasteiger charge is 2.23. The first kappa shape index (κ1) is 19.1. The standard InChI is InChI=1S/C20H20N4O4/c1-13-17(19(26)24(23(13)3)16-7-5-4-6-8-16)22-18(25)14(2)28-20(27)15-9-11-21-12-10-15/h4-12,14H,1-3H3,(H,22,25)/t14-/m0/s1. The number of nitrogens with zero attached hydrogens (tertiary/aromatic N) is 3. The van der Waals surface area contributed by atoms with E-state index in [1.807, 2.05) is 18.2 Å². The largest absolute Gasteiger partial charge is 0.449 e. The van der Waals surface area contributed by atoms with Crippen molar-refractivity contribution in [1.82, 2.24) is 14.3 Å². The lowest BCUT2D eigenvalue weighted by Crippen LogP contribution is -2.32. The van der Waals surface area contributed by atoms with Gasteiger partial charge in [0.15, 0.2) is 6.10 Å². The minimum Gasteiger partial charge on any atom is -0.449 e. The molecule has 1 atom stereocenters. The van der Waals surface area contributed by atoms with E-state index in [0.717, 1.165) is 0 Å². The van der Waals surface area contributed by atoms with Gasteiger partial charge in [-0.25, -0.2) is 9.48 Å². The first-order valence-corrected chi connectivity index (χ1v) is 8.66. The summed E-state index contributed by atoms with van der Waals surface area (Å²) in [6.07, 6.45) is 1.84. The van der Waals surface area contributed by atoms with Gasteiger partial charge < -0.3 is 10.1 Å². The predicted octanol–water partition coefficient (Wildman–Crippen LogP) is 2.06. The topological polar surface area (TPSA) is 95.2 Å². The van der Waals surface area contributed by atoms with E-state index in [4.69, 9.17) is 4.74 Å². The van der Waals surface area contributed by atoms with Crippen molar-refractivity contribution in [2.45, 2.75) is 20.0 Å². The molecule has 28 heavy (non-hydrogen) atoms. The second-order valence-corrected chi connectivity index (χ2v) is 6.21. The van der Waals surface area contributed by atoms with Crippen LogP contribution in [0.2, 0.25) is 0 Å². The van der Waals surface area contributed by atoms with E-state index in [1.165, 1.54) is 36.1 Å². The van der Waals surface area contributed by atoms with Crippen molar-refractivity contribution in [1.29, 1.82) is 0 Å². The summed E-state index contributed by atoms with van der Waals surface area (Å²) in [4.78, 5) is 41.2. The molecule has 0 saturated heterocycles. The minimum atomic E-state index is -1.08. The predicted molar refractivity (Wildman–Crippen MR) is 103 cm³/mol. The minimum absolute atomic E-state index is 0.142. The number of anilines is 1. The van der Waals surface area contributed by atoms with E-state index in [1.54, 1.807) is 30.8 Å². The van der Waals surface area contributed by atoms with Gasteiger partial charge in [-0.05, 0) is 38.1 Å². The molecule has 144 valence electrons. The van der Waals surface area contributed by atoms with Gasteiger partial charge in [-0.3, -0.25) is 19.3 Å². The number of aromatic nitrogens is 3. The number of ether oxygens (including phenoxy) is 1. The van der Waals surface area contributed by atoms with E-state index in [-0.39, 0.29) is 16.8 Å². The number of carbonyl (C=O) groups is 2. The molecule has 1 amide bonds. The number of pyridine rings is 1. The quantitative estimate of drug-likeness (QED) is 0.684. The van der Waals surface area contributed by atoms with E-state index < -0.39 is 18.0 Å². The molecule has 0 aliphatic rings. The normalized spacial score (nSPS) is 11.7. The number of hydrogen-bond donors (Lipinski definition) is 1. The molecule has 0 aliphatic carbocycles. The van der Waals surface area contributed by atoms with Crippen molar-refractivity contribution in [3.05, 3.63) is 76.5 Å². The Hall–Kier alpha value is -3.68. The number of rotatable bonds is 5. The molecule has 0 spiro atoms. The molecule has 2 heterocycles. The monoisotopic (exact) mass is 380 g/mol. The van der Waals surface area contributed by atoms with E-state index >= 15 is 0 Å². The zero-order valence-electron chi connectivity index (χ0n) is 15.7. The van der Waals surface area contributed by atoms with E-state index in [9.17, 15) is 14.4 Å². The number of esters is 1. The molecule has 1 aromatic carbocycles. The second kappa shape index (κ2) is 7.91. The Morgan fingerprint density at radius 1 is 1.11 bits per heavy atom. The van der Waals surface area contributed by atoms with Crippen LogP contribution < -0.4 is 10.9 Å². The van der Waals surface area contributed by atoms with Gasteiger partial charge in [0, 0.05) is 19.4 Å². The highest BCUT2D eigenvalue weighted by atomic mass is 16.5. The summed E-state index contributed by atoms with van der Waals surface area (Å²) in [5.41, 5.74) is 1.32. The number of carbonyl (C=O) groups excluding carboxylic acids is 2. The van der Waals surface area contributed by atoms with Crippen LogP contribution in [0.5, 0.6) is 0 Å². The van der Waals surface area contributed by atoms with Crippen molar-refractivity contribution < 1.29 is 14.3 Å². The zero-order valence-corrected chi connectivity index (χ0v) is 15.7. The number of hydrogen-bond acceptors (Lipinski definition) is 5. The summed E-state index contributed by atoms with van der Waals surface area (Å²) in [6.45, 7) is 3.17. The Labute approximate surface area is 161 Å². The third kappa shape index (κ3) is 3.71. The Morgan fingerprint density at radius 2 is 1.75 bits per heavy atom. The fourth-order valence-corrected chi connectivity index (χ4v) is 2.71. The van der Waals surface area contributed by atoms with Gasteiger partial charge >= 0.3 is 5.97 Å². The maximum absolute atomic E-state index is 12.8. The van der Waals surface area contributed by atoms with Crippen LogP contribution in [0.4, 0.5) is 5.69 Å². The van der Waals surface area contributed by atoms with Gasteiger partial charge in [-0.1, -0.05) is 18.2 Å². The van der Waals surface area contributed by atoms with Crippen LogP contribution in [0.3, 0.4) is 0 Å². The molecule has 3 aromatic rings. The second-order valence-electron chi connectivity index (χ2n) is 6.21. The van der Waals surface area contributed by atoms with Crippen molar-refractivity contribution >= 4 is 17.6 Å². The average Bonchev–Trinajstić information content (AvgIpc) is 2.92. The van der Waals surface area contributed by atoms with E-state index in [0.29, 0.717) is 11.4 Å². The van der Waals surface area contributed by atoms with Crippen molar-refractivity contribution in [3.8, 4) is 5.69 Å². The Bertz CT molecular complexity index is 1060. The fraction of sp³-hybridized carbons (Fsp3) is 0.200. The molecular formula is C20H20N4O4. The molecule has 0 unspecified atom stereocenters. The smallest absolute Gasteiger partial charge is 0.339 e. The van der Waals surface area contributed by atoms with Crippen LogP contribution in [0.15, 0.2) is 59.7 Å². The van der Waals surface area contributed by atoms with Crippen molar-refractivity contribution in [2.24, 2.45) is 7.05 Å². The molecule has 0 aliphatic heterocycles. The molecule has 0 radical (unpaired) electrons. The SMILES string of the molecule is Cc1c(NC(=O)[C@H](C)OC(=O)c2ccncc2)c(=O)n(-c2ccccc2)n1C. The lowest BCUT2D eigenvalue weighted by Gasteiger charge is -2.12.